The van der Waals surface area contributed by atoms with E-state index in [4.69, 9.17) is 5.11 Å². The SMILES string of the molecule is CCCCCn1cc(C(=O)O)cc1Br. The van der Waals surface area contributed by atoms with E-state index in [0.29, 0.717) is 5.56 Å². The maximum Gasteiger partial charge on any atom is 0.337 e. The van der Waals surface area contributed by atoms with E-state index in [1.165, 1.54) is 12.8 Å². The molecule has 0 spiro atoms. The summed E-state index contributed by atoms with van der Waals surface area (Å²) in [5.74, 6) is -0.875. The van der Waals surface area contributed by atoms with E-state index in [2.05, 4.69) is 22.9 Å². The van der Waals surface area contributed by atoms with Gasteiger partial charge in [-0.2, -0.15) is 0 Å². The van der Waals surface area contributed by atoms with Crippen LogP contribution in [-0.2, 0) is 6.54 Å². The van der Waals surface area contributed by atoms with Gasteiger partial charge in [0.05, 0.1) is 10.2 Å². The first kappa shape index (κ1) is 11.3. The summed E-state index contributed by atoms with van der Waals surface area (Å²) in [6.07, 6.45) is 5.10. The molecule has 1 heterocycles. The van der Waals surface area contributed by atoms with Crippen LogP contribution in [-0.4, -0.2) is 15.6 Å². The van der Waals surface area contributed by atoms with Crippen molar-refractivity contribution in [3.8, 4) is 0 Å². The molecule has 1 rings (SSSR count). The molecule has 3 nitrogen and oxygen atoms in total. The molecule has 0 radical (unpaired) electrons. The molecular formula is C10H14BrNO2. The zero-order valence-corrected chi connectivity index (χ0v) is 9.75. The fraction of sp³-hybridized carbons (Fsp3) is 0.500. The van der Waals surface area contributed by atoms with Crippen LogP contribution in [0.1, 0.15) is 36.5 Å². The molecule has 0 aromatic carbocycles. The number of aromatic nitrogens is 1. The van der Waals surface area contributed by atoms with Crippen molar-refractivity contribution in [1.82, 2.24) is 4.57 Å². The van der Waals surface area contributed by atoms with E-state index in [-0.39, 0.29) is 0 Å². The van der Waals surface area contributed by atoms with Crippen molar-refractivity contribution in [2.75, 3.05) is 0 Å². The van der Waals surface area contributed by atoms with E-state index in [0.717, 1.165) is 17.6 Å². The molecule has 0 unspecified atom stereocenters. The van der Waals surface area contributed by atoms with Crippen molar-refractivity contribution >= 4 is 21.9 Å². The Morgan fingerprint density at radius 2 is 2.29 bits per heavy atom. The van der Waals surface area contributed by atoms with Crippen LogP contribution in [0.25, 0.3) is 0 Å². The molecule has 0 fully saturated rings. The highest BCUT2D eigenvalue weighted by Crippen LogP contribution is 2.16. The molecule has 14 heavy (non-hydrogen) atoms. The van der Waals surface area contributed by atoms with Crippen molar-refractivity contribution in [1.29, 1.82) is 0 Å². The van der Waals surface area contributed by atoms with Crippen LogP contribution in [0.4, 0.5) is 0 Å². The highest BCUT2D eigenvalue weighted by molar-refractivity contribution is 9.10. The third-order valence-electron chi connectivity index (χ3n) is 2.09. The van der Waals surface area contributed by atoms with Crippen LogP contribution in [0, 0.1) is 0 Å². The Hall–Kier alpha value is -0.770. The minimum atomic E-state index is -0.875. The van der Waals surface area contributed by atoms with Gasteiger partial charge in [0.15, 0.2) is 0 Å². The zero-order valence-electron chi connectivity index (χ0n) is 8.16. The third kappa shape index (κ3) is 2.87. The van der Waals surface area contributed by atoms with E-state index >= 15 is 0 Å². The molecule has 0 atom stereocenters. The summed E-state index contributed by atoms with van der Waals surface area (Å²) in [4.78, 5) is 10.7. The number of unbranched alkanes of at least 4 members (excludes halogenated alkanes) is 2. The van der Waals surface area contributed by atoms with Crippen LogP contribution in [0.3, 0.4) is 0 Å². The number of carbonyl (C=O) groups is 1. The van der Waals surface area contributed by atoms with Gasteiger partial charge in [0.1, 0.15) is 0 Å². The molecule has 0 bridgehead atoms. The van der Waals surface area contributed by atoms with Gasteiger partial charge in [0.25, 0.3) is 0 Å². The van der Waals surface area contributed by atoms with Crippen molar-refractivity contribution < 1.29 is 9.90 Å². The Balaban J connectivity index is 2.63. The van der Waals surface area contributed by atoms with Crippen molar-refractivity contribution in [3.63, 3.8) is 0 Å². The van der Waals surface area contributed by atoms with Crippen LogP contribution in [0.5, 0.6) is 0 Å². The third-order valence-corrected chi connectivity index (χ3v) is 2.78. The second kappa shape index (κ2) is 5.20. The first-order valence-electron chi connectivity index (χ1n) is 4.74. The fourth-order valence-corrected chi connectivity index (χ4v) is 1.82. The molecule has 0 saturated carbocycles. The molecule has 1 aromatic rings. The van der Waals surface area contributed by atoms with Gasteiger partial charge in [-0.15, -0.1) is 0 Å². The van der Waals surface area contributed by atoms with Gasteiger partial charge < -0.3 is 9.67 Å². The van der Waals surface area contributed by atoms with Crippen LogP contribution >= 0.6 is 15.9 Å². The maximum atomic E-state index is 10.7. The molecular weight excluding hydrogens is 246 g/mol. The van der Waals surface area contributed by atoms with E-state index in [1.807, 2.05) is 4.57 Å². The molecule has 0 aliphatic rings. The number of carboxylic acid groups (broad SMARTS) is 1. The van der Waals surface area contributed by atoms with E-state index < -0.39 is 5.97 Å². The highest BCUT2D eigenvalue weighted by atomic mass is 79.9. The first-order valence-corrected chi connectivity index (χ1v) is 5.53. The molecule has 1 aromatic heterocycles. The van der Waals surface area contributed by atoms with Crippen molar-refractivity contribution in [2.45, 2.75) is 32.7 Å². The molecule has 1 N–H and O–H groups in total. The normalized spacial score (nSPS) is 10.4. The minimum absolute atomic E-state index is 0.341. The quantitative estimate of drug-likeness (QED) is 0.826. The monoisotopic (exact) mass is 259 g/mol. The molecule has 0 saturated heterocycles. The van der Waals surface area contributed by atoms with Gasteiger partial charge in [-0.3, -0.25) is 0 Å². The second-order valence-corrected chi connectivity index (χ2v) is 4.07. The number of hydrogen-bond donors (Lipinski definition) is 1. The highest BCUT2D eigenvalue weighted by Gasteiger charge is 2.08. The Morgan fingerprint density at radius 3 is 2.79 bits per heavy atom. The average Bonchev–Trinajstić information content (AvgIpc) is 2.49. The summed E-state index contributed by atoms with van der Waals surface area (Å²) in [6.45, 7) is 3.02. The van der Waals surface area contributed by atoms with Gasteiger partial charge in [-0.25, -0.2) is 4.79 Å². The predicted octanol–water partition coefficient (Wildman–Crippen LogP) is 3.14. The molecule has 0 aliphatic heterocycles. The van der Waals surface area contributed by atoms with Gasteiger partial charge in [0, 0.05) is 12.7 Å². The van der Waals surface area contributed by atoms with Crippen molar-refractivity contribution in [3.05, 3.63) is 22.4 Å². The van der Waals surface area contributed by atoms with Crippen LogP contribution in [0.15, 0.2) is 16.9 Å². The Labute approximate surface area is 91.9 Å². The number of nitrogens with zero attached hydrogens (tertiary/aromatic N) is 1. The lowest BCUT2D eigenvalue weighted by Crippen LogP contribution is -1.97. The summed E-state index contributed by atoms with van der Waals surface area (Å²) in [5.41, 5.74) is 0.341. The van der Waals surface area contributed by atoms with Gasteiger partial charge in [0.2, 0.25) is 0 Å². The van der Waals surface area contributed by atoms with Crippen molar-refractivity contribution in [2.24, 2.45) is 0 Å². The van der Waals surface area contributed by atoms with E-state index in [1.54, 1.807) is 12.3 Å². The predicted molar refractivity (Wildman–Crippen MR) is 58.6 cm³/mol. The smallest absolute Gasteiger partial charge is 0.337 e. The Kier molecular flexibility index (Phi) is 4.20. The minimum Gasteiger partial charge on any atom is -0.478 e. The lowest BCUT2D eigenvalue weighted by Gasteiger charge is -2.02. The fourth-order valence-electron chi connectivity index (χ4n) is 1.30. The van der Waals surface area contributed by atoms with Gasteiger partial charge in [-0.05, 0) is 28.4 Å². The topological polar surface area (TPSA) is 42.2 Å². The first-order chi connectivity index (χ1) is 6.65. The molecule has 0 amide bonds. The maximum absolute atomic E-state index is 10.7. The average molecular weight is 260 g/mol. The number of aromatic carboxylic acids is 1. The Bertz CT molecular complexity index is 320. The largest absolute Gasteiger partial charge is 0.478 e. The lowest BCUT2D eigenvalue weighted by atomic mass is 10.2. The standard InChI is InChI=1S/C10H14BrNO2/c1-2-3-4-5-12-7-8(10(13)14)6-9(12)11/h6-7H,2-5H2,1H3,(H,13,14). The number of aryl methyl sites for hydroxylation is 1. The zero-order chi connectivity index (χ0) is 10.6. The molecule has 78 valence electrons. The van der Waals surface area contributed by atoms with Crippen LogP contribution in [0.2, 0.25) is 0 Å². The second-order valence-electron chi connectivity index (χ2n) is 3.26. The van der Waals surface area contributed by atoms with Gasteiger partial charge in [-0.1, -0.05) is 19.8 Å². The Morgan fingerprint density at radius 1 is 1.57 bits per heavy atom. The summed E-state index contributed by atoms with van der Waals surface area (Å²) < 4.78 is 2.77. The summed E-state index contributed by atoms with van der Waals surface area (Å²) in [5, 5.41) is 8.76. The summed E-state index contributed by atoms with van der Waals surface area (Å²) in [6, 6.07) is 1.63. The number of hydrogen-bond acceptors (Lipinski definition) is 1. The number of rotatable bonds is 5. The lowest BCUT2D eigenvalue weighted by molar-refractivity contribution is 0.0697. The van der Waals surface area contributed by atoms with E-state index in [9.17, 15) is 4.79 Å². The molecule has 4 heteroatoms. The summed E-state index contributed by atoms with van der Waals surface area (Å²) in [7, 11) is 0. The van der Waals surface area contributed by atoms with Crippen LogP contribution < -0.4 is 0 Å². The number of halogens is 1. The van der Waals surface area contributed by atoms with Gasteiger partial charge >= 0.3 is 5.97 Å². The summed E-state index contributed by atoms with van der Waals surface area (Å²) >= 11 is 3.34. The molecule has 0 aliphatic carbocycles. The number of carboxylic acids is 1.